The Morgan fingerprint density at radius 3 is 2.41 bits per heavy atom. The van der Waals surface area contributed by atoms with Crippen LogP contribution in [0.3, 0.4) is 0 Å². The number of benzene rings is 2. The molecule has 1 fully saturated rings. The number of hydrogen-bond donors (Lipinski definition) is 3. The first-order valence-corrected chi connectivity index (χ1v) is 10.8. The molecule has 0 heterocycles. The van der Waals surface area contributed by atoms with E-state index in [4.69, 9.17) is 11.6 Å². The summed E-state index contributed by atoms with van der Waals surface area (Å²) < 4.78 is 27.3. The predicted molar refractivity (Wildman–Crippen MR) is 116 cm³/mol. The first-order valence-electron chi connectivity index (χ1n) is 10.4. The van der Waals surface area contributed by atoms with Gasteiger partial charge in [-0.25, -0.2) is 8.78 Å². The third kappa shape index (κ3) is 6.17. The molecular weight excluding hydrogens is 442 g/mol. The maximum Gasteiger partial charge on any atom is 0.323 e. The van der Waals surface area contributed by atoms with Gasteiger partial charge in [-0.15, -0.1) is 0 Å². The molecule has 1 saturated carbocycles. The maximum atomic E-state index is 14.2. The van der Waals surface area contributed by atoms with Crippen molar-refractivity contribution in [2.75, 3.05) is 11.9 Å². The SMILES string of the molecule is O=C(O)CN(Cc1c(F)cccc1Cl)C(=O)[C@@H]1CC[C@H](Nc2ccc(F)cc2)[C@@H](O)CC1. The lowest BCUT2D eigenvalue weighted by atomic mass is 9.98. The molecule has 172 valence electrons. The van der Waals surface area contributed by atoms with Gasteiger partial charge in [-0.05, 0) is 62.1 Å². The first kappa shape index (κ1) is 23.9. The van der Waals surface area contributed by atoms with Crippen molar-refractivity contribution >= 4 is 29.2 Å². The average Bonchev–Trinajstić information content (AvgIpc) is 2.92. The summed E-state index contributed by atoms with van der Waals surface area (Å²) in [5.41, 5.74) is 0.718. The van der Waals surface area contributed by atoms with Crippen molar-refractivity contribution in [3.63, 3.8) is 0 Å². The molecule has 3 rings (SSSR count). The van der Waals surface area contributed by atoms with Crippen LogP contribution in [0.25, 0.3) is 0 Å². The number of aliphatic hydroxyl groups excluding tert-OH is 1. The van der Waals surface area contributed by atoms with Crippen LogP contribution in [-0.2, 0) is 16.1 Å². The lowest BCUT2D eigenvalue weighted by Crippen LogP contribution is -2.39. The van der Waals surface area contributed by atoms with E-state index < -0.39 is 36.3 Å². The number of nitrogens with zero attached hydrogens (tertiary/aromatic N) is 1. The molecule has 2 aromatic rings. The first-order chi connectivity index (χ1) is 15.2. The summed E-state index contributed by atoms with van der Waals surface area (Å²) in [6.07, 6.45) is 0.831. The van der Waals surface area contributed by atoms with Crippen molar-refractivity contribution in [1.29, 1.82) is 0 Å². The molecule has 0 spiro atoms. The zero-order chi connectivity index (χ0) is 23.3. The molecule has 0 saturated heterocycles. The molecular formula is C23H25ClF2N2O4. The summed E-state index contributed by atoms with van der Waals surface area (Å²) in [4.78, 5) is 25.6. The van der Waals surface area contributed by atoms with E-state index in [9.17, 15) is 28.6 Å². The number of aliphatic carboxylic acids is 1. The summed E-state index contributed by atoms with van der Waals surface area (Å²) >= 11 is 6.06. The van der Waals surface area contributed by atoms with Crippen LogP contribution in [0.15, 0.2) is 42.5 Å². The number of nitrogens with one attached hydrogen (secondary N) is 1. The minimum absolute atomic E-state index is 0.0632. The Morgan fingerprint density at radius 2 is 1.75 bits per heavy atom. The molecule has 1 aliphatic rings. The molecule has 0 unspecified atom stereocenters. The Labute approximate surface area is 189 Å². The van der Waals surface area contributed by atoms with Gasteiger partial charge in [0.1, 0.15) is 18.2 Å². The van der Waals surface area contributed by atoms with Gasteiger partial charge < -0.3 is 20.4 Å². The third-order valence-electron chi connectivity index (χ3n) is 5.70. The molecule has 3 atom stereocenters. The molecule has 6 nitrogen and oxygen atoms in total. The largest absolute Gasteiger partial charge is 0.480 e. The summed E-state index contributed by atoms with van der Waals surface area (Å²) in [5, 5.41) is 23.1. The monoisotopic (exact) mass is 466 g/mol. The Bertz CT molecular complexity index is 937. The number of aliphatic hydroxyl groups is 1. The van der Waals surface area contributed by atoms with Crippen LogP contribution < -0.4 is 5.32 Å². The van der Waals surface area contributed by atoms with Crippen molar-refractivity contribution in [1.82, 2.24) is 4.90 Å². The van der Waals surface area contributed by atoms with E-state index in [-0.39, 0.29) is 29.0 Å². The fourth-order valence-corrected chi connectivity index (χ4v) is 4.20. The maximum absolute atomic E-state index is 14.2. The van der Waals surface area contributed by atoms with Gasteiger partial charge in [0.2, 0.25) is 5.91 Å². The zero-order valence-electron chi connectivity index (χ0n) is 17.3. The van der Waals surface area contributed by atoms with E-state index in [1.807, 2.05) is 0 Å². The highest BCUT2D eigenvalue weighted by atomic mass is 35.5. The number of amides is 1. The van der Waals surface area contributed by atoms with Gasteiger partial charge in [0.05, 0.1) is 18.7 Å². The van der Waals surface area contributed by atoms with Gasteiger partial charge in [0.15, 0.2) is 0 Å². The van der Waals surface area contributed by atoms with Gasteiger partial charge in [-0.1, -0.05) is 17.7 Å². The fraction of sp³-hybridized carbons (Fsp3) is 0.391. The number of carboxylic acids is 1. The topological polar surface area (TPSA) is 89.9 Å². The van der Waals surface area contributed by atoms with Crippen molar-refractivity contribution in [2.24, 2.45) is 5.92 Å². The van der Waals surface area contributed by atoms with E-state index in [2.05, 4.69) is 5.32 Å². The molecule has 1 amide bonds. The summed E-state index contributed by atoms with van der Waals surface area (Å²) in [6, 6.07) is 9.56. The summed E-state index contributed by atoms with van der Waals surface area (Å²) in [5.74, 6) is -3.12. The minimum atomic E-state index is -1.21. The Balaban J connectivity index is 1.71. The van der Waals surface area contributed by atoms with Gasteiger partial charge in [0.25, 0.3) is 0 Å². The molecule has 32 heavy (non-hydrogen) atoms. The smallest absolute Gasteiger partial charge is 0.323 e. The van der Waals surface area contributed by atoms with Crippen LogP contribution in [0.4, 0.5) is 14.5 Å². The number of hydrogen-bond acceptors (Lipinski definition) is 4. The molecule has 3 N–H and O–H groups in total. The second-order valence-corrected chi connectivity index (χ2v) is 8.37. The molecule has 1 aliphatic carbocycles. The highest BCUT2D eigenvalue weighted by molar-refractivity contribution is 6.31. The van der Waals surface area contributed by atoms with Crippen LogP contribution in [-0.4, -0.2) is 45.7 Å². The van der Waals surface area contributed by atoms with Crippen molar-refractivity contribution in [3.05, 3.63) is 64.7 Å². The number of rotatable bonds is 7. The van der Waals surface area contributed by atoms with Gasteiger partial charge in [-0.3, -0.25) is 9.59 Å². The minimum Gasteiger partial charge on any atom is -0.480 e. The molecule has 0 bridgehead atoms. The summed E-state index contributed by atoms with van der Waals surface area (Å²) in [6.45, 7) is -0.841. The second-order valence-electron chi connectivity index (χ2n) is 7.96. The normalized spacial score (nSPS) is 20.9. The predicted octanol–water partition coefficient (Wildman–Crippen LogP) is 4.06. The fourth-order valence-electron chi connectivity index (χ4n) is 3.97. The number of carboxylic acid groups (broad SMARTS) is 1. The van der Waals surface area contributed by atoms with Crippen LogP contribution in [0.5, 0.6) is 0 Å². The molecule has 0 radical (unpaired) electrons. The van der Waals surface area contributed by atoms with E-state index in [1.165, 1.54) is 30.3 Å². The van der Waals surface area contributed by atoms with Crippen LogP contribution >= 0.6 is 11.6 Å². The van der Waals surface area contributed by atoms with Gasteiger partial charge >= 0.3 is 5.97 Å². The quantitative estimate of drug-likeness (QED) is 0.535. The highest BCUT2D eigenvalue weighted by Gasteiger charge is 2.32. The number of carbonyl (C=O) groups excluding carboxylic acids is 1. The summed E-state index contributed by atoms with van der Waals surface area (Å²) in [7, 11) is 0. The molecule has 0 aromatic heterocycles. The van der Waals surface area contributed by atoms with Crippen molar-refractivity contribution in [3.8, 4) is 0 Å². The zero-order valence-corrected chi connectivity index (χ0v) is 18.1. The molecule has 2 aromatic carbocycles. The third-order valence-corrected chi connectivity index (χ3v) is 6.05. The average molecular weight is 467 g/mol. The Hall–Kier alpha value is -2.71. The van der Waals surface area contributed by atoms with E-state index in [1.54, 1.807) is 12.1 Å². The van der Waals surface area contributed by atoms with Crippen LogP contribution in [0.1, 0.15) is 31.2 Å². The number of halogens is 3. The standard InChI is InChI=1S/C23H25ClF2N2O4/c24-18-2-1-3-19(26)17(18)12-28(13-22(30)31)23(32)14-4-10-20(21(29)11-5-14)27-16-8-6-15(25)7-9-16/h1-3,6-9,14,20-21,27,29H,4-5,10-13H2,(H,30,31)/t14-,20+,21+/m1/s1. The second kappa shape index (κ2) is 10.7. The number of carbonyl (C=O) groups is 2. The van der Waals surface area contributed by atoms with Gasteiger partial charge in [0, 0.05) is 22.2 Å². The highest BCUT2D eigenvalue weighted by Crippen LogP contribution is 2.29. The van der Waals surface area contributed by atoms with E-state index in [0.717, 1.165) is 4.90 Å². The van der Waals surface area contributed by atoms with E-state index >= 15 is 0 Å². The Kier molecular flexibility index (Phi) is 8.04. The lowest BCUT2D eigenvalue weighted by molar-refractivity contribution is -0.147. The Morgan fingerprint density at radius 1 is 1.06 bits per heavy atom. The van der Waals surface area contributed by atoms with Crippen molar-refractivity contribution < 1.29 is 28.6 Å². The number of anilines is 1. The van der Waals surface area contributed by atoms with Crippen molar-refractivity contribution in [2.45, 2.75) is 44.4 Å². The van der Waals surface area contributed by atoms with E-state index in [0.29, 0.717) is 31.4 Å². The molecule has 9 heteroatoms. The van der Waals surface area contributed by atoms with Gasteiger partial charge in [-0.2, -0.15) is 0 Å². The van der Waals surface area contributed by atoms with Crippen LogP contribution in [0, 0.1) is 17.6 Å². The van der Waals surface area contributed by atoms with Crippen LogP contribution in [0.2, 0.25) is 5.02 Å². The molecule has 0 aliphatic heterocycles. The lowest BCUT2D eigenvalue weighted by Gasteiger charge is -2.26.